The number of rotatable bonds is 2. The Hall–Kier alpha value is -2.09. The van der Waals surface area contributed by atoms with Gasteiger partial charge in [0.15, 0.2) is 0 Å². The van der Waals surface area contributed by atoms with E-state index in [9.17, 15) is 5.11 Å². The normalized spacial score (nSPS) is 20.1. The zero-order valence-corrected chi connectivity index (χ0v) is 17.1. The Morgan fingerprint density at radius 2 is 1.41 bits per heavy atom. The van der Waals surface area contributed by atoms with Crippen LogP contribution in [0.5, 0.6) is 0 Å². The van der Waals surface area contributed by atoms with Crippen molar-refractivity contribution in [3.05, 3.63) is 93.5 Å². The van der Waals surface area contributed by atoms with E-state index in [4.69, 9.17) is 11.6 Å². The molecule has 0 aliphatic heterocycles. The molecule has 27 heavy (non-hydrogen) atoms. The molecule has 2 heteroatoms. The first kappa shape index (κ1) is 18.3. The second-order valence-electron chi connectivity index (χ2n) is 8.39. The number of fused-ring (bicyclic) bond motifs is 3. The van der Waals surface area contributed by atoms with E-state index in [1.54, 1.807) is 0 Å². The number of hydrogen-bond acceptors (Lipinski definition) is 1. The lowest BCUT2D eigenvalue weighted by atomic mass is 9.58. The van der Waals surface area contributed by atoms with E-state index in [1.807, 2.05) is 24.3 Å². The summed E-state index contributed by atoms with van der Waals surface area (Å²) >= 11 is 6.22. The van der Waals surface area contributed by atoms with Crippen molar-refractivity contribution >= 4 is 11.6 Å². The average molecular weight is 377 g/mol. The minimum atomic E-state index is -1.02. The van der Waals surface area contributed by atoms with Crippen molar-refractivity contribution in [2.24, 2.45) is 0 Å². The molecule has 0 aromatic heterocycles. The second kappa shape index (κ2) is 6.22. The molecular formula is C25H25ClO. The molecule has 1 atom stereocenters. The van der Waals surface area contributed by atoms with Crippen LogP contribution in [-0.2, 0) is 17.4 Å². The molecule has 4 rings (SSSR count). The van der Waals surface area contributed by atoms with Gasteiger partial charge in [-0.05, 0) is 53.8 Å². The van der Waals surface area contributed by atoms with Crippen LogP contribution in [0.2, 0.25) is 5.02 Å². The largest absolute Gasteiger partial charge is 0.384 e. The van der Waals surface area contributed by atoms with Crippen molar-refractivity contribution in [2.75, 3.05) is 0 Å². The highest BCUT2D eigenvalue weighted by Crippen LogP contribution is 2.54. The average Bonchev–Trinajstić information content (AvgIpc) is 2.60. The number of benzene rings is 3. The Labute approximate surface area is 166 Å². The van der Waals surface area contributed by atoms with Crippen molar-refractivity contribution in [1.82, 2.24) is 0 Å². The molecule has 0 saturated heterocycles. The molecule has 3 aromatic rings. The van der Waals surface area contributed by atoms with Gasteiger partial charge in [-0.3, -0.25) is 0 Å². The fraction of sp³-hybridized carbons (Fsp3) is 0.280. The predicted octanol–water partition coefficient (Wildman–Crippen LogP) is 6.35. The molecule has 3 aromatic carbocycles. The molecule has 0 radical (unpaired) electrons. The molecular weight excluding hydrogens is 352 g/mol. The van der Waals surface area contributed by atoms with E-state index in [2.05, 4.69) is 64.1 Å². The lowest BCUT2D eigenvalue weighted by Gasteiger charge is -2.49. The van der Waals surface area contributed by atoms with Gasteiger partial charge in [0, 0.05) is 16.9 Å². The number of aliphatic hydroxyl groups is 1. The minimum Gasteiger partial charge on any atom is -0.384 e. The molecule has 1 N–H and O–H groups in total. The fourth-order valence-electron chi connectivity index (χ4n) is 4.49. The van der Waals surface area contributed by atoms with Crippen molar-refractivity contribution < 1.29 is 5.11 Å². The van der Waals surface area contributed by atoms with Gasteiger partial charge in [-0.15, -0.1) is 0 Å². The first-order chi connectivity index (χ1) is 12.7. The van der Waals surface area contributed by atoms with E-state index in [1.165, 1.54) is 22.3 Å². The number of hydrogen-bond donors (Lipinski definition) is 1. The highest BCUT2D eigenvalue weighted by atomic mass is 35.5. The third-order valence-corrected chi connectivity index (χ3v) is 6.38. The molecule has 138 valence electrons. The molecule has 0 heterocycles. The van der Waals surface area contributed by atoms with Crippen molar-refractivity contribution in [2.45, 2.75) is 45.1 Å². The second-order valence-corrected chi connectivity index (χ2v) is 8.83. The maximum atomic E-state index is 12.2. The zero-order valence-electron chi connectivity index (χ0n) is 16.3. The Bertz CT molecular complexity index is 1030. The standard InChI is InChI=1S/C25H25ClO/c1-16-8-10-22-20(12-16)21-13-17(2)9-11-23(21)25(27,24(22,3)4)15-18-6-5-7-19(26)14-18/h5-14,27H,15H2,1-4H3. The topological polar surface area (TPSA) is 20.2 Å². The lowest BCUT2D eigenvalue weighted by molar-refractivity contribution is -0.0332. The summed E-state index contributed by atoms with van der Waals surface area (Å²) in [6.45, 7) is 8.52. The molecule has 1 unspecified atom stereocenters. The molecule has 1 aliphatic carbocycles. The summed E-state index contributed by atoms with van der Waals surface area (Å²) in [4.78, 5) is 0. The highest BCUT2D eigenvalue weighted by molar-refractivity contribution is 6.30. The maximum Gasteiger partial charge on any atom is 0.103 e. The Morgan fingerprint density at radius 1 is 0.815 bits per heavy atom. The van der Waals surface area contributed by atoms with E-state index < -0.39 is 11.0 Å². The molecule has 0 saturated carbocycles. The monoisotopic (exact) mass is 376 g/mol. The van der Waals surface area contributed by atoms with Crippen LogP contribution < -0.4 is 0 Å². The van der Waals surface area contributed by atoms with E-state index in [0.717, 1.165) is 16.7 Å². The molecule has 0 fully saturated rings. The van der Waals surface area contributed by atoms with Gasteiger partial charge in [0.25, 0.3) is 0 Å². The van der Waals surface area contributed by atoms with Crippen LogP contribution >= 0.6 is 11.6 Å². The Balaban J connectivity index is 1.98. The summed E-state index contributed by atoms with van der Waals surface area (Å²) in [6, 6.07) is 20.8. The van der Waals surface area contributed by atoms with Crippen molar-refractivity contribution in [3.63, 3.8) is 0 Å². The maximum absolute atomic E-state index is 12.2. The van der Waals surface area contributed by atoms with Crippen LogP contribution in [0.25, 0.3) is 11.1 Å². The van der Waals surface area contributed by atoms with Crippen LogP contribution in [0.15, 0.2) is 60.7 Å². The molecule has 0 spiro atoms. The first-order valence-electron chi connectivity index (χ1n) is 9.42. The van der Waals surface area contributed by atoms with Gasteiger partial charge in [-0.25, -0.2) is 0 Å². The summed E-state index contributed by atoms with van der Waals surface area (Å²) in [5, 5.41) is 12.9. The highest BCUT2D eigenvalue weighted by Gasteiger charge is 2.51. The van der Waals surface area contributed by atoms with E-state index >= 15 is 0 Å². The summed E-state index contributed by atoms with van der Waals surface area (Å²) in [6.07, 6.45) is 0.518. The fourth-order valence-corrected chi connectivity index (χ4v) is 4.70. The van der Waals surface area contributed by atoms with E-state index in [0.29, 0.717) is 11.4 Å². The summed E-state index contributed by atoms with van der Waals surface area (Å²) < 4.78 is 0. The smallest absolute Gasteiger partial charge is 0.103 e. The third-order valence-electron chi connectivity index (χ3n) is 6.14. The number of halogens is 1. The SMILES string of the molecule is Cc1ccc2c(c1)-c1cc(C)ccc1C(O)(Cc1cccc(Cl)c1)C2(C)C. The van der Waals surface area contributed by atoms with Crippen LogP contribution in [0.3, 0.4) is 0 Å². The van der Waals surface area contributed by atoms with Crippen LogP contribution in [0, 0.1) is 13.8 Å². The molecule has 1 aliphatic rings. The van der Waals surface area contributed by atoms with Gasteiger partial charge in [0.1, 0.15) is 5.60 Å². The summed E-state index contributed by atoms with van der Waals surface area (Å²) in [5.74, 6) is 0. The Kier molecular flexibility index (Phi) is 4.21. The zero-order chi connectivity index (χ0) is 19.4. The molecule has 0 amide bonds. The van der Waals surface area contributed by atoms with Crippen LogP contribution in [-0.4, -0.2) is 5.11 Å². The number of aryl methyl sites for hydroxylation is 2. The van der Waals surface area contributed by atoms with Gasteiger partial charge >= 0.3 is 0 Å². The third kappa shape index (κ3) is 2.81. The van der Waals surface area contributed by atoms with E-state index in [-0.39, 0.29) is 0 Å². The Morgan fingerprint density at radius 3 is 2.04 bits per heavy atom. The minimum absolute atomic E-state index is 0.444. The summed E-state index contributed by atoms with van der Waals surface area (Å²) in [7, 11) is 0. The lowest BCUT2D eigenvalue weighted by Crippen LogP contribution is -2.49. The quantitative estimate of drug-likeness (QED) is 0.552. The van der Waals surface area contributed by atoms with Gasteiger partial charge in [0.2, 0.25) is 0 Å². The summed E-state index contributed by atoms with van der Waals surface area (Å²) in [5.41, 5.74) is 6.56. The van der Waals surface area contributed by atoms with Gasteiger partial charge in [-0.2, -0.15) is 0 Å². The van der Waals surface area contributed by atoms with Gasteiger partial charge in [0.05, 0.1) is 0 Å². The predicted molar refractivity (Wildman–Crippen MR) is 113 cm³/mol. The van der Waals surface area contributed by atoms with Crippen molar-refractivity contribution in [1.29, 1.82) is 0 Å². The molecule has 1 nitrogen and oxygen atoms in total. The van der Waals surface area contributed by atoms with Crippen LogP contribution in [0.4, 0.5) is 0 Å². The van der Waals surface area contributed by atoms with Crippen molar-refractivity contribution in [3.8, 4) is 11.1 Å². The molecule has 0 bridgehead atoms. The van der Waals surface area contributed by atoms with Gasteiger partial charge in [-0.1, -0.05) is 85.1 Å². The first-order valence-corrected chi connectivity index (χ1v) is 9.80. The van der Waals surface area contributed by atoms with Crippen LogP contribution in [0.1, 0.15) is 41.7 Å². The van der Waals surface area contributed by atoms with Gasteiger partial charge < -0.3 is 5.11 Å².